The Balaban J connectivity index is 1.52. The van der Waals surface area contributed by atoms with E-state index in [-0.39, 0.29) is 18.2 Å². The van der Waals surface area contributed by atoms with Crippen LogP contribution in [-0.4, -0.2) is 27.9 Å². The average molecular weight is 431 g/mol. The lowest BCUT2D eigenvalue weighted by molar-refractivity contribution is -0.0887. The normalized spacial score (nSPS) is 19.2. The summed E-state index contributed by atoms with van der Waals surface area (Å²) in [5.41, 5.74) is 3.88. The third kappa shape index (κ3) is 4.54. The molecule has 1 aromatic heterocycles. The molecule has 32 heavy (non-hydrogen) atoms. The molecular weight excluding hydrogens is 400 g/mol. The maximum Gasteiger partial charge on any atom is 0.250 e. The predicted octanol–water partition coefficient (Wildman–Crippen LogP) is 4.58. The summed E-state index contributed by atoms with van der Waals surface area (Å²) < 4.78 is 8.02. The van der Waals surface area contributed by atoms with Gasteiger partial charge in [-0.25, -0.2) is 0 Å². The van der Waals surface area contributed by atoms with Crippen LogP contribution in [0.4, 0.5) is 0 Å². The molecule has 0 bridgehead atoms. The van der Waals surface area contributed by atoms with Crippen LogP contribution < -0.4 is 5.56 Å². The van der Waals surface area contributed by atoms with Gasteiger partial charge in [-0.3, -0.25) is 4.79 Å². The van der Waals surface area contributed by atoms with E-state index in [9.17, 15) is 9.90 Å². The van der Waals surface area contributed by atoms with Crippen LogP contribution in [0.1, 0.15) is 36.9 Å². The van der Waals surface area contributed by atoms with Gasteiger partial charge in [-0.15, -0.1) is 0 Å². The van der Waals surface area contributed by atoms with Gasteiger partial charge in [-0.1, -0.05) is 54.6 Å². The Morgan fingerprint density at radius 3 is 2.38 bits per heavy atom. The smallest absolute Gasteiger partial charge is 0.250 e. The lowest BCUT2D eigenvalue weighted by Crippen LogP contribution is -2.38. The number of aliphatic hydroxyl groups excluding tert-OH is 1. The molecular formula is C27H30N2O3. The van der Waals surface area contributed by atoms with Crippen LogP contribution in [0.25, 0.3) is 11.1 Å². The minimum atomic E-state index is -0.507. The van der Waals surface area contributed by atoms with E-state index in [0.29, 0.717) is 13.2 Å². The van der Waals surface area contributed by atoms with Crippen molar-refractivity contribution in [3.63, 3.8) is 0 Å². The van der Waals surface area contributed by atoms with Crippen LogP contribution in [0.15, 0.2) is 90.0 Å². The standard InChI is InChI=1S/C27H30N2O3/c1-21(22-9-11-23(12-10-22)24-13-14-26(31)28(2)19-24)29-17-16-27(32-20-29,15-6-18-30)25-7-4-3-5-8-25/h3-5,7-14,16-17,19,21,30H,6,15,18,20H2,1-2H3/t21-,27+/m0/s1. The maximum atomic E-state index is 11.6. The van der Waals surface area contributed by atoms with Crippen molar-refractivity contribution in [2.75, 3.05) is 13.3 Å². The van der Waals surface area contributed by atoms with Crippen molar-refractivity contribution < 1.29 is 9.84 Å². The molecule has 0 saturated heterocycles. The van der Waals surface area contributed by atoms with Crippen molar-refractivity contribution >= 4 is 0 Å². The summed E-state index contributed by atoms with van der Waals surface area (Å²) in [6, 6.07) is 22.3. The minimum Gasteiger partial charge on any atom is -0.396 e. The molecule has 0 amide bonds. The zero-order chi connectivity index (χ0) is 22.6. The van der Waals surface area contributed by atoms with Gasteiger partial charge in [0.25, 0.3) is 0 Å². The van der Waals surface area contributed by atoms with Crippen LogP contribution in [0.3, 0.4) is 0 Å². The van der Waals surface area contributed by atoms with Gasteiger partial charge in [-0.05, 0) is 54.2 Å². The lowest BCUT2D eigenvalue weighted by atomic mass is 9.88. The number of hydrogen-bond donors (Lipinski definition) is 1. The molecule has 0 aliphatic carbocycles. The van der Waals surface area contributed by atoms with Gasteiger partial charge in [0.05, 0.1) is 6.04 Å². The van der Waals surface area contributed by atoms with E-state index >= 15 is 0 Å². The van der Waals surface area contributed by atoms with Crippen LogP contribution in [0.5, 0.6) is 0 Å². The highest BCUT2D eigenvalue weighted by Gasteiger charge is 2.34. The summed E-state index contributed by atoms with van der Waals surface area (Å²) in [7, 11) is 1.76. The monoisotopic (exact) mass is 430 g/mol. The topological polar surface area (TPSA) is 54.7 Å². The molecule has 2 aromatic carbocycles. The van der Waals surface area contributed by atoms with E-state index in [1.807, 2.05) is 30.5 Å². The Morgan fingerprint density at radius 2 is 1.75 bits per heavy atom. The number of nitrogens with zero attached hydrogens (tertiary/aromatic N) is 2. The van der Waals surface area contributed by atoms with E-state index in [1.54, 1.807) is 17.7 Å². The van der Waals surface area contributed by atoms with Crippen LogP contribution in [0, 0.1) is 0 Å². The van der Waals surface area contributed by atoms with E-state index < -0.39 is 5.60 Å². The van der Waals surface area contributed by atoms with E-state index in [0.717, 1.165) is 23.1 Å². The number of aryl methyl sites for hydroxylation is 1. The van der Waals surface area contributed by atoms with Gasteiger partial charge >= 0.3 is 0 Å². The first kappa shape index (κ1) is 22.1. The van der Waals surface area contributed by atoms with Crippen LogP contribution in [0.2, 0.25) is 0 Å². The Bertz CT molecular complexity index is 1120. The predicted molar refractivity (Wildman–Crippen MR) is 127 cm³/mol. The quantitative estimate of drug-likeness (QED) is 0.596. The van der Waals surface area contributed by atoms with Crippen molar-refractivity contribution in [2.45, 2.75) is 31.4 Å². The molecule has 0 radical (unpaired) electrons. The zero-order valence-electron chi connectivity index (χ0n) is 18.6. The highest BCUT2D eigenvalue weighted by atomic mass is 16.5. The second kappa shape index (κ2) is 9.55. The second-order valence-corrected chi connectivity index (χ2v) is 8.35. The Kier molecular flexibility index (Phi) is 6.58. The molecule has 5 heteroatoms. The molecule has 0 unspecified atom stereocenters. The Labute approximate surface area is 189 Å². The molecule has 1 N–H and O–H groups in total. The fourth-order valence-electron chi connectivity index (χ4n) is 4.19. The number of ether oxygens (including phenoxy) is 1. The average Bonchev–Trinajstić information content (AvgIpc) is 2.85. The summed E-state index contributed by atoms with van der Waals surface area (Å²) in [4.78, 5) is 13.8. The number of aromatic nitrogens is 1. The largest absolute Gasteiger partial charge is 0.396 e. The van der Waals surface area contributed by atoms with Crippen LogP contribution in [-0.2, 0) is 17.4 Å². The molecule has 2 heterocycles. The molecule has 0 fully saturated rings. The molecule has 4 rings (SSSR count). The first-order chi connectivity index (χ1) is 15.5. The second-order valence-electron chi connectivity index (χ2n) is 8.35. The maximum absolute atomic E-state index is 11.6. The lowest BCUT2D eigenvalue weighted by Gasteiger charge is -2.40. The summed E-state index contributed by atoms with van der Waals surface area (Å²) in [6.07, 6.45) is 7.52. The third-order valence-corrected chi connectivity index (χ3v) is 6.28. The summed E-state index contributed by atoms with van der Waals surface area (Å²) in [5.74, 6) is 0. The SMILES string of the molecule is C[C@@H](c1ccc(-c2ccc(=O)n(C)c2)cc1)N1C=C[C@](CCCO)(c2ccccc2)OC1. The molecule has 2 atom stereocenters. The van der Waals surface area contributed by atoms with Gasteiger partial charge in [0.1, 0.15) is 12.3 Å². The Morgan fingerprint density at radius 1 is 1.03 bits per heavy atom. The van der Waals surface area contributed by atoms with Crippen molar-refractivity contribution in [3.8, 4) is 11.1 Å². The fourth-order valence-corrected chi connectivity index (χ4v) is 4.19. The molecule has 0 saturated carbocycles. The first-order valence-corrected chi connectivity index (χ1v) is 11.0. The van der Waals surface area contributed by atoms with Crippen molar-refractivity contribution in [2.24, 2.45) is 7.05 Å². The van der Waals surface area contributed by atoms with Gasteiger partial charge in [0.15, 0.2) is 0 Å². The summed E-state index contributed by atoms with van der Waals surface area (Å²) in [5, 5.41) is 9.37. The molecule has 166 valence electrons. The number of hydrogen-bond acceptors (Lipinski definition) is 4. The summed E-state index contributed by atoms with van der Waals surface area (Å²) >= 11 is 0. The molecule has 1 aliphatic heterocycles. The third-order valence-electron chi connectivity index (χ3n) is 6.28. The van der Waals surface area contributed by atoms with Gasteiger partial charge < -0.3 is 19.3 Å². The van der Waals surface area contributed by atoms with Crippen molar-refractivity contribution in [3.05, 3.63) is 107 Å². The minimum absolute atomic E-state index is 0.0126. The molecule has 5 nitrogen and oxygen atoms in total. The van der Waals surface area contributed by atoms with Crippen molar-refractivity contribution in [1.29, 1.82) is 0 Å². The van der Waals surface area contributed by atoms with Crippen LogP contribution >= 0.6 is 0 Å². The number of pyridine rings is 1. The van der Waals surface area contributed by atoms with Gasteiger partial charge in [0.2, 0.25) is 5.56 Å². The molecule has 0 spiro atoms. The number of aliphatic hydroxyl groups is 1. The van der Waals surface area contributed by atoms with E-state index in [4.69, 9.17) is 4.74 Å². The number of rotatable bonds is 7. The zero-order valence-corrected chi connectivity index (χ0v) is 18.6. The molecule has 1 aliphatic rings. The van der Waals surface area contributed by atoms with Crippen molar-refractivity contribution in [1.82, 2.24) is 9.47 Å². The Hall–Kier alpha value is -3.15. The highest BCUT2D eigenvalue weighted by Crippen LogP contribution is 2.37. The summed E-state index contributed by atoms with van der Waals surface area (Å²) in [6.45, 7) is 2.78. The van der Waals surface area contributed by atoms with Gasteiger partial charge in [-0.2, -0.15) is 0 Å². The molecule has 3 aromatic rings. The number of benzene rings is 2. The van der Waals surface area contributed by atoms with E-state index in [1.165, 1.54) is 5.56 Å². The fraction of sp³-hybridized carbons (Fsp3) is 0.296. The first-order valence-electron chi connectivity index (χ1n) is 11.0. The van der Waals surface area contributed by atoms with E-state index in [2.05, 4.69) is 60.5 Å². The highest BCUT2D eigenvalue weighted by molar-refractivity contribution is 5.62. The van der Waals surface area contributed by atoms with Gasteiger partial charge in [0, 0.05) is 32.1 Å².